The molecule has 4 atom stereocenters. The van der Waals surface area contributed by atoms with Crippen LogP contribution in [0.4, 0.5) is 5.69 Å². The third-order valence-electron chi connectivity index (χ3n) is 6.36. The number of aryl methyl sites for hydroxylation is 1. The van der Waals surface area contributed by atoms with E-state index in [4.69, 9.17) is 0 Å². The minimum Gasteiger partial charge on any atom is -0.274 e. The third kappa shape index (κ3) is 2.98. The van der Waals surface area contributed by atoms with Crippen LogP contribution in [0, 0.1) is 18.8 Å². The van der Waals surface area contributed by atoms with Crippen LogP contribution in [0.15, 0.2) is 97.1 Å². The van der Waals surface area contributed by atoms with E-state index in [1.165, 1.54) is 4.90 Å². The van der Waals surface area contributed by atoms with E-state index in [9.17, 15) is 9.59 Å². The zero-order valence-electron chi connectivity index (χ0n) is 16.8. The summed E-state index contributed by atoms with van der Waals surface area (Å²) in [6, 6.07) is 27.7. The average Bonchev–Trinajstić information content (AvgIpc) is 3.06. The highest BCUT2D eigenvalue weighted by atomic mass is 16.2. The molecule has 0 bridgehead atoms. The van der Waals surface area contributed by atoms with Gasteiger partial charge < -0.3 is 0 Å². The van der Waals surface area contributed by atoms with Gasteiger partial charge in [0, 0.05) is 11.8 Å². The molecule has 3 aromatic carbocycles. The van der Waals surface area contributed by atoms with Gasteiger partial charge in [0.25, 0.3) is 0 Å². The first kappa shape index (κ1) is 18.6. The molecule has 0 radical (unpaired) electrons. The molecule has 1 aliphatic heterocycles. The molecule has 0 N–H and O–H groups in total. The first-order valence-corrected chi connectivity index (χ1v) is 10.4. The fourth-order valence-electron chi connectivity index (χ4n) is 4.88. The molecule has 1 aliphatic carbocycles. The molecule has 0 unspecified atom stereocenters. The number of allylic oxidation sites excluding steroid dienone is 2. The van der Waals surface area contributed by atoms with E-state index in [-0.39, 0.29) is 23.7 Å². The highest BCUT2D eigenvalue weighted by molar-refractivity contribution is 6.23. The number of hydrogen-bond acceptors (Lipinski definition) is 2. The standard InChI is InChI=1S/C27H23NO2/c1-18-12-14-21(15-13-18)28-26(29)24-22(19-8-4-2-5-9-19)16-17-23(25(24)27(28)30)20-10-6-3-7-11-20/h2-17,22-25H,1H3/t22-,23+,24-,25+. The van der Waals surface area contributed by atoms with Crippen molar-refractivity contribution in [3.05, 3.63) is 114 Å². The maximum atomic E-state index is 13.7. The van der Waals surface area contributed by atoms with Gasteiger partial charge in [-0.05, 0) is 30.2 Å². The van der Waals surface area contributed by atoms with Gasteiger partial charge >= 0.3 is 0 Å². The van der Waals surface area contributed by atoms with E-state index in [1.54, 1.807) is 0 Å². The summed E-state index contributed by atoms with van der Waals surface area (Å²) < 4.78 is 0. The maximum absolute atomic E-state index is 13.7. The van der Waals surface area contributed by atoms with E-state index < -0.39 is 11.8 Å². The summed E-state index contributed by atoms with van der Waals surface area (Å²) in [6.45, 7) is 2.00. The summed E-state index contributed by atoms with van der Waals surface area (Å²) in [6.07, 6.45) is 4.25. The first-order chi connectivity index (χ1) is 14.6. The van der Waals surface area contributed by atoms with Crippen molar-refractivity contribution in [2.75, 3.05) is 4.90 Å². The monoisotopic (exact) mass is 393 g/mol. The van der Waals surface area contributed by atoms with Gasteiger partial charge in [0.15, 0.2) is 0 Å². The lowest BCUT2D eigenvalue weighted by Crippen LogP contribution is -2.31. The van der Waals surface area contributed by atoms with E-state index in [0.717, 1.165) is 16.7 Å². The van der Waals surface area contributed by atoms with Crippen molar-refractivity contribution >= 4 is 17.5 Å². The molecule has 3 aromatic rings. The molecule has 0 spiro atoms. The van der Waals surface area contributed by atoms with Crippen LogP contribution in [0.3, 0.4) is 0 Å². The van der Waals surface area contributed by atoms with Crippen molar-refractivity contribution in [1.29, 1.82) is 0 Å². The lowest BCUT2D eigenvalue weighted by atomic mass is 9.68. The number of carbonyl (C=O) groups excluding carboxylic acids is 2. The van der Waals surface area contributed by atoms with Crippen molar-refractivity contribution in [1.82, 2.24) is 0 Å². The molecular formula is C27H23NO2. The zero-order chi connectivity index (χ0) is 20.7. The number of fused-ring (bicyclic) bond motifs is 1. The van der Waals surface area contributed by atoms with Gasteiger partial charge in [-0.25, -0.2) is 4.90 Å². The first-order valence-electron chi connectivity index (χ1n) is 10.4. The van der Waals surface area contributed by atoms with Crippen LogP contribution < -0.4 is 4.90 Å². The van der Waals surface area contributed by atoms with Crippen LogP contribution in [0.2, 0.25) is 0 Å². The maximum Gasteiger partial charge on any atom is 0.238 e. The van der Waals surface area contributed by atoms with Crippen LogP contribution in [0.1, 0.15) is 28.5 Å². The van der Waals surface area contributed by atoms with Crippen molar-refractivity contribution in [2.45, 2.75) is 18.8 Å². The Labute approximate surface area is 176 Å². The summed E-state index contributed by atoms with van der Waals surface area (Å²) in [7, 11) is 0. The minimum atomic E-state index is -0.406. The Morgan fingerprint density at radius 1 is 0.600 bits per heavy atom. The number of carbonyl (C=O) groups is 2. The number of imide groups is 1. The normalized spacial score (nSPS) is 25.4. The van der Waals surface area contributed by atoms with Crippen molar-refractivity contribution in [3.63, 3.8) is 0 Å². The predicted octanol–water partition coefficient (Wildman–Crippen LogP) is 5.24. The number of nitrogens with zero attached hydrogens (tertiary/aromatic N) is 1. The molecule has 0 aromatic heterocycles. The van der Waals surface area contributed by atoms with Gasteiger partial charge in [0.05, 0.1) is 17.5 Å². The minimum absolute atomic E-state index is 0.104. The molecular weight excluding hydrogens is 370 g/mol. The van der Waals surface area contributed by atoms with Crippen molar-refractivity contribution < 1.29 is 9.59 Å². The van der Waals surface area contributed by atoms with Crippen LogP contribution in [-0.2, 0) is 9.59 Å². The molecule has 0 saturated carbocycles. The molecule has 1 heterocycles. The van der Waals surface area contributed by atoms with E-state index in [2.05, 4.69) is 12.2 Å². The van der Waals surface area contributed by atoms with Gasteiger partial charge in [-0.3, -0.25) is 9.59 Å². The molecule has 3 heteroatoms. The summed E-state index contributed by atoms with van der Waals surface area (Å²) in [5, 5.41) is 0. The molecule has 30 heavy (non-hydrogen) atoms. The quantitative estimate of drug-likeness (QED) is 0.451. The Morgan fingerprint density at radius 2 is 1.03 bits per heavy atom. The van der Waals surface area contributed by atoms with Crippen molar-refractivity contribution in [3.8, 4) is 0 Å². The summed E-state index contributed by atoms with van der Waals surface area (Å²) in [4.78, 5) is 28.7. The van der Waals surface area contributed by atoms with E-state index in [1.807, 2.05) is 91.9 Å². The summed E-state index contributed by atoms with van der Waals surface area (Å²) >= 11 is 0. The molecule has 2 aliphatic rings. The number of benzene rings is 3. The van der Waals surface area contributed by atoms with Crippen LogP contribution in [0.5, 0.6) is 0 Å². The Balaban J connectivity index is 1.63. The van der Waals surface area contributed by atoms with Gasteiger partial charge in [-0.2, -0.15) is 0 Å². The molecule has 5 rings (SSSR count). The van der Waals surface area contributed by atoms with Gasteiger partial charge in [0.1, 0.15) is 0 Å². The van der Waals surface area contributed by atoms with Gasteiger partial charge in [-0.1, -0.05) is 90.5 Å². The largest absolute Gasteiger partial charge is 0.274 e. The Bertz CT molecular complexity index is 1040. The Hall–Kier alpha value is -3.46. The Morgan fingerprint density at radius 3 is 1.47 bits per heavy atom. The number of anilines is 1. The molecule has 1 fully saturated rings. The lowest BCUT2D eigenvalue weighted by Gasteiger charge is -2.32. The predicted molar refractivity (Wildman–Crippen MR) is 118 cm³/mol. The zero-order valence-corrected chi connectivity index (χ0v) is 16.8. The highest BCUT2D eigenvalue weighted by Gasteiger charge is 2.55. The highest BCUT2D eigenvalue weighted by Crippen LogP contribution is 2.50. The second-order valence-electron chi connectivity index (χ2n) is 8.16. The van der Waals surface area contributed by atoms with E-state index in [0.29, 0.717) is 5.69 Å². The fourth-order valence-corrected chi connectivity index (χ4v) is 4.88. The second kappa shape index (κ2) is 7.42. The topological polar surface area (TPSA) is 37.4 Å². The smallest absolute Gasteiger partial charge is 0.238 e. The number of hydrogen-bond donors (Lipinski definition) is 0. The molecule has 1 saturated heterocycles. The number of amides is 2. The second-order valence-corrected chi connectivity index (χ2v) is 8.16. The van der Waals surface area contributed by atoms with Gasteiger partial charge in [-0.15, -0.1) is 0 Å². The van der Waals surface area contributed by atoms with Crippen LogP contribution in [0.25, 0.3) is 0 Å². The summed E-state index contributed by atoms with van der Waals surface area (Å²) in [5.74, 6) is -1.24. The van der Waals surface area contributed by atoms with E-state index >= 15 is 0 Å². The number of rotatable bonds is 3. The lowest BCUT2D eigenvalue weighted by molar-refractivity contribution is -0.122. The Kier molecular flexibility index (Phi) is 4.59. The molecule has 148 valence electrons. The van der Waals surface area contributed by atoms with Crippen LogP contribution >= 0.6 is 0 Å². The summed E-state index contributed by atoms with van der Waals surface area (Å²) in [5.41, 5.74) is 3.90. The van der Waals surface area contributed by atoms with Crippen LogP contribution in [-0.4, -0.2) is 11.8 Å². The third-order valence-corrected chi connectivity index (χ3v) is 6.36. The molecule has 3 nitrogen and oxygen atoms in total. The SMILES string of the molecule is Cc1ccc(N2C(=O)[C@@H]3[C@H](C2=O)[C@@H](c2ccccc2)C=C[C@H]3c2ccccc2)cc1. The van der Waals surface area contributed by atoms with Gasteiger partial charge in [0.2, 0.25) is 11.8 Å². The molecule has 2 amide bonds. The average molecular weight is 393 g/mol. The fraction of sp³-hybridized carbons (Fsp3) is 0.185. The van der Waals surface area contributed by atoms with Crippen molar-refractivity contribution in [2.24, 2.45) is 11.8 Å².